The third kappa shape index (κ3) is 6.98. The number of nitrogens with one attached hydrogen (secondary N) is 1. The molecule has 2 N–H and O–H groups in total. The highest BCUT2D eigenvalue weighted by Gasteiger charge is 2.34. The number of amides is 3. The van der Waals surface area contributed by atoms with E-state index >= 15 is 0 Å². The van der Waals surface area contributed by atoms with Crippen LogP contribution in [-0.2, 0) is 0 Å². The number of benzene rings is 2. The Hall–Kier alpha value is -4.37. The largest absolute Gasteiger partial charge is 0.497 e. The van der Waals surface area contributed by atoms with Gasteiger partial charge in [-0.25, -0.2) is 9.78 Å². The quantitative estimate of drug-likeness (QED) is 0.428. The second kappa shape index (κ2) is 13.1. The minimum absolute atomic E-state index is 0.155. The number of nitrogens with zero attached hydrogens (tertiary/aromatic N) is 3. The number of aromatic nitrogens is 1. The molecule has 9 heteroatoms. The van der Waals surface area contributed by atoms with Crippen LogP contribution < -0.4 is 14.8 Å². The minimum Gasteiger partial charge on any atom is -0.497 e. The zero-order chi connectivity index (χ0) is 28.6. The topological polar surface area (TPSA) is 104 Å². The Morgan fingerprint density at radius 3 is 2.67 bits per heavy atom. The van der Waals surface area contributed by atoms with E-state index in [9.17, 15) is 14.7 Å². The normalized spacial score (nSPS) is 17.8. The number of urea groups is 1. The summed E-state index contributed by atoms with van der Waals surface area (Å²) in [6, 6.07) is 18.0. The lowest BCUT2D eigenvalue weighted by atomic mass is 10.00. The van der Waals surface area contributed by atoms with Crippen LogP contribution in [0.5, 0.6) is 11.6 Å². The summed E-state index contributed by atoms with van der Waals surface area (Å²) in [6.45, 7) is 4.19. The van der Waals surface area contributed by atoms with Gasteiger partial charge in [-0.05, 0) is 36.2 Å². The van der Waals surface area contributed by atoms with Gasteiger partial charge in [0.2, 0.25) is 5.88 Å². The van der Waals surface area contributed by atoms with Gasteiger partial charge < -0.3 is 29.7 Å². The summed E-state index contributed by atoms with van der Waals surface area (Å²) in [4.78, 5) is 34.3. The van der Waals surface area contributed by atoms with Crippen molar-refractivity contribution >= 4 is 29.8 Å². The maximum atomic E-state index is 13.6. The van der Waals surface area contributed by atoms with E-state index in [2.05, 4.69) is 10.3 Å². The number of aliphatic hydroxyl groups excluding tert-OH is 1. The van der Waals surface area contributed by atoms with Gasteiger partial charge in [0.05, 0.1) is 26.3 Å². The van der Waals surface area contributed by atoms with Gasteiger partial charge in [-0.1, -0.05) is 55.5 Å². The van der Waals surface area contributed by atoms with Gasteiger partial charge in [0, 0.05) is 37.5 Å². The monoisotopic (exact) mass is 544 g/mol. The molecule has 0 aliphatic carbocycles. The number of aliphatic hydroxyl groups is 1. The van der Waals surface area contributed by atoms with Gasteiger partial charge in [0.25, 0.3) is 5.91 Å². The maximum Gasteiger partial charge on any atom is 0.321 e. The third-order valence-corrected chi connectivity index (χ3v) is 6.93. The molecule has 40 heavy (non-hydrogen) atoms. The van der Waals surface area contributed by atoms with Gasteiger partial charge in [0.15, 0.2) is 0 Å². The molecule has 3 aromatic rings. The molecule has 3 atom stereocenters. The molecule has 0 saturated heterocycles. The number of pyridine rings is 1. The molecule has 1 aliphatic heterocycles. The number of fused-ring (bicyclic) bond motifs is 1. The number of methoxy groups -OCH3 is 1. The van der Waals surface area contributed by atoms with E-state index in [-0.39, 0.29) is 36.9 Å². The fourth-order valence-corrected chi connectivity index (χ4v) is 4.46. The summed E-state index contributed by atoms with van der Waals surface area (Å²) in [5.41, 5.74) is 2.70. The van der Waals surface area contributed by atoms with Crippen molar-refractivity contribution in [1.29, 1.82) is 0 Å². The Kier molecular flexibility index (Phi) is 9.39. The van der Waals surface area contributed by atoms with E-state index in [4.69, 9.17) is 9.47 Å². The average molecular weight is 545 g/mol. The van der Waals surface area contributed by atoms with Gasteiger partial charge >= 0.3 is 6.03 Å². The highest BCUT2D eigenvalue weighted by atomic mass is 16.5. The molecule has 0 bridgehead atoms. The molecule has 3 amide bonds. The van der Waals surface area contributed by atoms with Gasteiger partial charge in [-0.2, -0.15) is 0 Å². The van der Waals surface area contributed by atoms with Crippen LogP contribution in [0, 0.1) is 5.92 Å². The van der Waals surface area contributed by atoms with Crippen LogP contribution >= 0.6 is 0 Å². The summed E-state index contributed by atoms with van der Waals surface area (Å²) in [7, 11) is 3.26. The van der Waals surface area contributed by atoms with E-state index in [0.717, 1.165) is 11.1 Å². The number of ether oxygens (including phenoxy) is 2. The van der Waals surface area contributed by atoms with Crippen LogP contribution in [0.1, 0.15) is 35.3 Å². The highest BCUT2D eigenvalue weighted by Crippen LogP contribution is 2.28. The van der Waals surface area contributed by atoms with Crippen molar-refractivity contribution in [3.05, 3.63) is 83.6 Å². The first-order chi connectivity index (χ1) is 19.3. The third-order valence-electron chi connectivity index (χ3n) is 6.93. The van der Waals surface area contributed by atoms with E-state index in [1.54, 1.807) is 60.5 Å². The van der Waals surface area contributed by atoms with Crippen molar-refractivity contribution < 1.29 is 24.2 Å². The van der Waals surface area contributed by atoms with Crippen molar-refractivity contribution in [3.8, 4) is 11.6 Å². The van der Waals surface area contributed by atoms with Crippen molar-refractivity contribution in [1.82, 2.24) is 14.8 Å². The summed E-state index contributed by atoms with van der Waals surface area (Å²) in [5, 5.41) is 12.8. The highest BCUT2D eigenvalue weighted by molar-refractivity contribution is 5.97. The maximum absolute atomic E-state index is 13.6. The first-order valence-corrected chi connectivity index (χ1v) is 13.3. The van der Waals surface area contributed by atoms with Gasteiger partial charge in [0.1, 0.15) is 17.4 Å². The van der Waals surface area contributed by atoms with Crippen molar-refractivity contribution in [3.63, 3.8) is 0 Å². The fourth-order valence-electron chi connectivity index (χ4n) is 4.46. The lowest BCUT2D eigenvalue weighted by Crippen LogP contribution is -2.50. The van der Waals surface area contributed by atoms with Crippen molar-refractivity contribution in [2.75, 3.05) is 39.2 Å². The average Bonchev–Trinajstić information content (AvgIpc) is 2.98. The van der Waals surface area contributed by atoms with E-state index in [1.807, 2.05) is 56.3 Å². The Labute approximate surface area is 235 Å². The van der Waals surface area contributed by atoms with Crippen LogP contribution in [0.3, 0.4) is 0 Å². The number of carbonyl (C=O) groups excluding carboxylic acids is 2. The summed E-state index contributed by atoms with van der Waals surface area (Å²) in [6.07, 6.45) is 5.05. The Bertz CT molecular complexity index is 1350. The van der Waals surface area contributed by atoms with E-state index < -0.39 is 12.1 Å². The number of anilines is 1. The fraction of sp³-hybridized carbons (Fsp3) is 0.323. The summed E-state index contributed by atoms with van der Waals surface area (Å²) in [5.74, 6) is 0.432. The van der Waals surface area contributed by atoms with Crippen LogP contribution in [-0.4, -0.2) is 77.8 Å². The first kappa shape index (κ1) is 28.6. The number of carbonyl (C=O) groups is 2. The van der Waals surface area contributed by atoms with Crippen molar-refractivity contribution in [2.45, 2.75) is 26.0 Å². The van der Waals surface area contributed by atoms with Crippen LogP contribution in [0.15, 0.2) is 66.9 Å². The molecule has 0 radical (unpaired) electrons. The van der Waals surface area contributed by atoms with E-state index in [1.165, 1.54) is 0 Å². The number of likely N-dealkylation sites (N-methyl/N-ethyl adjacent to an activating group) is 1. The standard InChI is InChI=1S/C31H36N4O5/c1-21-18-35(22(2)20-36)30(37)27-15-24(14-13-23-9-6-5-7-10-23)17-32-29(27)40-28(21)19-34(3)31(38)33-25-11-8-12-26(16-25)39-4/h5-17,21-22,28,36H,18-20H2,1-4H3,(H,33,38)/t21-,22+,28-/m0/s1. The van der Waals surface area contributed by atoms with Gasteiger partial charge in [-0.3, -0.25) is 4.79 Å². The molecule has 0 fully saturated rings. The Morgan fingerprint density at radius 1 is 1.20 bits per heavy atom. The molecule has 4 rings (SSSR count). The van der Waals surface area contributed by atoms with Crippen LogP contribution in [0.4, 0.5) is 10.5 Å². The molecule has 0 spiro atoms. The molecule has 0 unspecified atom stereocenters. The smallest absolute Gasteiger partial charge is 0.321 e. The Balaban J connectivity index is 1.58. The van der Waals surface area contributed by atoms with Crippen molar-refractivity contribution in [2.24, 2.45) is 5.92 Å². The summed E-state index contributed by atoms with van der Waals surface area (Å²) >= 11 is 0. The number of rotatable bonds is 8. The molecule has 2 heterocycles. The van der Waals surface area contributed by atoms with E-state index in [0.29, 0.717) is 23.5 Å². The predicted octanol–water partition coefficient (Wildman–Crippen LogP) is 4.64. The Morgan fingerprint density at radius 2 is 1.95 bits per heavy atom. The predicted molar refractivity (Wildman–Crippen MR) is 155 cm³/mol. The molecular weight excluding hydrogens is 508 g/mol. The van der Waals surface area contributed by atoms with Crippen LogP contribution in [0.25, 0.3) is 12.2 Å². The molecule has 0 saturated carbocycles. The zero-order valence-corrected chi connectivity index (χ0v) is 23.3. The molecule has 1 aromatic heterocycles. The second-order valence-corrected chi connectivity index (χ2v) is 10.0. The lowest BCUT2D eigenvalue weighted by Gasteiger charge is -2.37. The molecule has 1 aliphatic rings. The number of hydrogen-bond acceptors (Lipinski definition) is 6. The van der Waals surface area contributed by atoms with Gasteiger partial charge in [-0.15, -0.1) is 0 Å². The SMILES string of the molecule is COc1cccc(NC(=O)N(C)C[C@@H]2Oc3ncc(C=Cc4ccccc4)cc3C(=O)N([C@H](C)CO)C[C@@H]2C)c1. The zero-order valence-electron chi connectivity index (χ0n) is 23.3. The molecule has 210 valence electrons. The first-order valence-electron chi connectivity index (χ1n) is 13.3. The second-order valence-electron chi connectivity index (χ2n) is 10.0. The minimum atomic E-state index is -0.459. The molecule has 9 nitrogen and oxygen atoms in total. The molecule has 2 aromatic carbocycles. The molecular formula is C31H36N4O5. The lowest BCUT2D eigenvalue weighted by molar-refractivity contribution is 0.0356. The number of hydrogen-bond donors (Lipinski definition) is 2. The summed E-state index contributed by atoms with van der Waals surface area (Å²) < 4.78 is 11.6. The van der Waals surface area contributed by atoms with Crippen LogP contribution in [0.2, 0.25) is 0 Å².